The largest absolute Gasteiger partial charge is 0.357 e. The van der Waals surface area contributed by atoms with E-state index in [9.17, 15) is 9.18 Å². The van der Waals surface area contributed by atoms with Gasteiger partial charge >= 0.3 is 0 Å². The molecule has 1 amide bonds. The van der Waals surface area contributed by atoms with Crippen molar-refractivity contribution >= 4 is 41.5 Å². The van der Waals surface area contributed by atoms with Crippen LogP contribution in [0.25, 0.3) is 0 Å². The Kier molecular flexibility index (Phi) is 9.05. The highest BCUT2D eigenvalue weighted by molar-refractivity contribution is 14.0. The molecule has 0 aliphatic carbocycles. The van der Waals surface area contributed by atoms with E-state index < -0.39 is 0 Å². The SMILES string of the molecule is CCNC(=NCc1ccc(N2CCCC2=O)cc1)NCc1cc(C#N)ccc1F.I. The van der Waals surface area contributed by atoms with Crippen LogP contribution < -0.4 is 15.5 Å². The number of halogens is 2. The fraction of sp³-hybridized carbons (Fsp3) is 0.318. The molecule has 0 bridgehead atoms. The van der Waals surface area contributed by atoms with Gasteiger partial charge in [0, 0.05) is 37.3 Å². The number of amides is 1. The van der Waals surface area contributed by atoms with Crippen LogP contribution >= 0.6 is 24.0 Å². The van der Waals surface area contributed by atoms with E-state index in [-0.39, 0.29) is 42.2 Å². The van der Waals surface area contributed by atoms with E-state index in [1.165, 1.54) is 18.2 Å². The molecule has 1 aliphatic heterocycles. The Bertz CT molecular complexity index is 940. The van der Waals surface area contributed by atoms with Crippen molar-refractivity contribution in [3.63, 3.8) is 0 Å². The number of nitriles is 1. The minimum Gasteiger partial charge on any atom is -0.357 e. The van der Waals surface area contributed by atoms with E-state index >= 15 is 0 Å². The van der Waals surface area contributed by atoms with Gasteiger partial charge in [-0.3, -0.25) is 4.79 Å². The molecule has 1 aliphatic rings. The number of hydrogen-bond donors (Lipinski definition) is 2. The van der Waals surface area contributed by atoms with Gasteiger partial charge in [-0.05, 0) is 49.2 Å². The zero-order valence-electron chi connectivity index (χ0n) is 16.8. The first-order valence-corrected chi connectivity index (χ1v) is 9.70. The normalized spacial score (nSPS) is 13.6. The molecular formula is C22H25FIN5O. The molecule has 0 radical (unpaired) electrons. The van der Waals surface area contributed by atoms with Gasteiger partial charge in [-0.15, -0.1) is 24.0 Å². The van der Waals surface area contributed by atoms with E-state index in [0.29, 0.717) is 36.6 Å². The molecule has 1 fully saturated rings. The van der Waals surface area contributed by atoms with Crippen molar-refractivity contribution in [2.75, 3.05) is 18.0 Å². The topological polar surface area (TPSA) is 80.5 Å². The Balaban J connectivity index is 0.00000320. The minimum atomic E-state index is -0.362. The average molecular weight is 521 g/mol. The summed E-state index contributed by atoms with van der Waals surface area (Å²) in [6, 6.07) is 14.1. The molecule has 6 nitrogen and oxygen atoms in total. The molecule has 2 aromatic carbocycles. The maximum absolute atomic E-state index is 13.9. The number of aliphatic imine (C=N–C) groups is 1. The number of anilines is 1. The molecule has 158 valence electrons. The highest BCUT2D eigenvalue weighted by Gasteiger charge is 2.21. The molecule has 8 heteroatoms. The van der Waals surface area contributed by atoms with Gasteiger partial charge in [-0.2, -0.15) is 5.26 Å². The third-order valence-electron chi connectivity index (χ3n) is 4.71. The van der Waals surface area contributed by atoms with Crippen molar-refractivity contribution in [1.29, 1.82) is 5.26 Å². The van der Waals surface area contributed by atoms with Gasteiger partial charge in [0.2, 0.25) is 5.91 Å². The number of nitrogens with one attached hydrogen (secondary N) is 2. The van der Waals surface area contributed by atoms with E-state index in [2.05, 4.69) is 15.6 Å². The molecule has 2 N–H and O–H groups in total. The molecule has 3 rings (SSSR count). The van der Waals surface area contributed by atoms with Gasteiger partial charge in [0.05, 0.1) is 18.2 Å². The van der Waals surface area contributed by atoms with Crippen LogP contribution in [0.5, 0.6) is 0 Å². The second-order valence-corrected chi connectivity index (χ2v) is 6.78. The summed E-state index contributed by atoms with van der Waals surface area (Å²) in [5.41, 5.74) is 2.75. The highest BCUT2D eigenvalue weighted by atomic mass is 127. The fourth-order valence-electron chi connectivity index (χ4n) is 3.17. The lowest BCUT2D eigenvalue weighted by Gasteiger charge is -2.16. The highest BCUT2D eigenvalue weighted by Crippen LogP contribution is 2.21. The van der Waals surface area contributed by atoms with Crippen molar-refractivity contribution in [2.24, 2.45) is 4.99 Å². The summed E-state index contributed by atoms with van der Waals surface area (Å²) in [5, 5.41) is 15.2. The standard InChI is InChI=1S/C22H24FN5O.HI/c1-2-25-22(27-15-18-12-17(13-24)7-10-20(18)23)26-14-16-5-8-19(9-6-16)28-11-3-4-21(28)29;/h5-10,12H,2-4,11,14-15H2,1H3,(H2,25,26,27);1H. The summed E-state index contributed by atoms with van der Waals surface area (Å²) in [4.78, 5) is 18.2. The van der Waals surface area contributed by atoms with Crippen LogP contribution in [0, 0.1) is 17.1 Å². The summed E-state index contributed by atoms with van der Waals surface area (Å²) >= 11 is 0. The summed E-state index contributed by atoms with van der Waals surface area (Å²) < 4.78 is 13.9. The first-order chi connectivity index (χ1) is 14.1. The van der Waals surface area contributed by atoms with E-state index in [0.717, 1.165) is 24.2 Å². The first-order valence-electron chi connectivity index (χ1n) is 9.70. The van der Waals surface area contributed by atoms with Crippen LogP contribution in [0.2, 0.25) is 0 Å². The van der Waals surface area contributed by atoms with Crippen molar-refractivity contribution in [1.82, 2.24) is 10.6 Å². The zero-order valence-corrected chi connectivity index (χ0v) is 19.2. The van der Waals surface area contributed by atoms with Gasteiger partial charge < -0.3 is 15.5 Å². The summed E-state index contributed by atoms with van der Waals surface area (Å²) in [5.74, 6) is 0.370. The van der Waals surface area contributed by atoms with E-state index in [1.807, 2.05) is 42.2 Å². The van der Waals surface area contributed by atoms with Crippen molar-refractivity contribution < 1.29 is 9.18 Å². The lowest BCUT2D eigenvalue weighted by molar-refractivity contribution is -0.117. The lowest BCUT2D eigenvalue weighted by Crippen LogP contribution is -2.37. The Hall–Kier alpha value is -2.67. The maximum Gasteiger partial charge on any atom is 0.227 e. The number of guanidine groups is 1. The van der Waals surface area contributed by atoms with Gasteiger partial charge in [-0.1, -0.05) is 12.1 Å². The first kappa shape index (κ1) is 23.6. The molecule has 0 aromatic heterocycles. The summed E-state index contributed by atoms with van der Waals surface area (Å²) in [6.45, 7) is 4.07. The number of carbonyl (C=O) groups is 1. The third kappa shape index (κ3) is 6.16. The average Bonchev–Trinajstić information content (AvgIpc) is 3.17. The number of rotatable bonds is 6. The van der Waals surface area contributed by atoms with Crippen LogP contribution in [0.3, 0.4) is 0 Å². The summed E-state index contributed by atoms with van der Waals surface area (Å²) in [7, 11) is 0. The van der Waals surface area contributed by atoms with Crippen molar-refractivity contribution in [2.45, 2.75) is 32.9 Å². The Labute approximate surface area is 193 Å². The van der Waals surface area contributed by atoms with Gasteiger partial charge in [0.25, 0.3) is 0 Å². The molecular weight excluding hydrogens is 496 g/mol. The third-order valence-corrected chi connectivity index (χ3v) is 4.71. The number of hydrogen-bond acceptors (Lipinski definition) is 3. The number of nitrogens with zero attached hydrogens (tertiary/aromatic N) is 3. The maximum atomic E-state index is 13.9. The monoisotopic (exact) mass is 521 g/mol. The molecule has 0 unspecified atom stereocenters. The predicted molar refractivity (Wildman–Crippen MR) is 126 cm³/mol. The van der Waals surface area contributed by atoms with Crippen LogP contribution in [-0.2, 0) is 17.9 Å². The Morgan fingerprint density at radius 3 is 2.63 bits per heavy atom. The molecule has 30 heavy (non-hydrogen) atoms. The molecule has 2 aromatic rings. The quantitative estimate of drug-likeness (QED) is 0.345. The molecule has 0 spiro atoms. The van der Waals surface area contributed by atoms with E-state index in [1.54, 1.807) is 0 Å². The lowest BCUT2D eigenvalue weighted by atomic mass is 10.1. The second kappa shape index (κ2) is 11.5. The minimum absolute atomic E-state index is 0. The van der Waals surface area contributed by atoms with Crippen LogP contribution in [0.15, 0.2) is 47.5 Å². The number of benzene rings is 2. The van der Waals surface area contributed by atoms with Gasteiger partial charge in [-0.25, -0.2) is 9.38 Å². The predicted octanol–water partition coefficient (Wildman–Crippen LogP) is 3.70. The number of carbonyl (C=O) groups excluding carboxylic acids is 1. The van der Waals surface area contributed by atoms with Gasteiger partial charge in [0.1, 0.15) is 5.82 Å². The fourth-order valence-corrected chi connectivity index (χ4v) is 3.17. The van der Waals surface area contributed by atoms with Crippen LogP contribution in [-0.4, -0.2) is 25.0 Å². The Morgan fingerprint density at radius 1 is 1.23 bits per heavy atom. The molecule has 0 saturated carbocycles. The van der Waals surface area contributed by atoms with Crippen molar-refractivity contribution in [3.05, 3.63) is 65.0 Å². The molecule has 1 saturated heterocycles. The molecule has 0 atom stereocenters. The summed E-state index contributed by atoms with van der Waals surface area (Å²) in [6.07, 6.45) is 1.52. The second-order valence-electron chi connectivity index (χ2n) is 6.78. The smallest absolute Gasteiger partial charge is 0.227 e. The van der Waals surface area contributed by atoms with Gasteiger partial charge in [0.15, 0.2) is 5.96 Å². The van der Waals surface area contributed by atoms with Crippen molar-refractivity contribution in [3.8, 4) is 6.07 Å². The van der Waals surface area contributed by atoms with E-state index in [4.69, 9.17) is 5.26 Å². The Morgan fingerprint density at radius 2 is 2.00 bits per heavy atom. The molecule has 1 heterocycles. The van der Waals surface area contributed by atoms with Crippen LogP contribution in [0.1, 0.15) is 36.5 Å². The van der Waals surface area contributed by atoms with Crippen LogP contribution in [0.4, 0.5) is 10.1 Å². The zero-order chi connectivity index (χ0) is 20.6.